The van der Waals surface area contributed by atoms with E-state index in [1.54, 1.807) is 12.1 Å². The Morgan fingerprint density at radius 1 is 1.21 bits per heavy atom. The SMILES string of the molecule is C=CCOc1ccccc1OCCO. The molecule has 76 valence electrons. The molecule has 0 bridgehead atoms. The fraction of sp³-hybridized carbons (Fsp3) is 0.273. The van der Waals surface area contributed by atoms with Crippen LogP contribution in [0, 0.1) is 0 Å². The molecule has 1 aromatic rings. The summed E-state index contributed by atoms with van der Waals surface area (Å²) >= 11 is 0. The molecular formula is C11H14O3. The number of aliphatic hydroxyl groups excluding tert-OH is 1. The number of ether oxygens (including phenoxy) is 2. The highest BCUT2D eigenvalue weighted by atomic mass is 16.5. The molecule has 0 radical (unpaired) electrons. The van der Waals surface area contributed by atoms with E-state index < -0.39 is 0 Å². The summed E-state index contributed by atoms with van der Waals surface area (Å²) in [6.45, 7) is 4.27. The Morgan fingerprint density at radius 2 is 1.86 bits per heavy atom. The molecule has 3 heteroatoms. The van der Waals surface area contributed by atoms with Crippen LogP contribution in [-0.4, -0.2) is 24.9 Å². The standard InChI is InChI=1S/C11H14O3/c1-2-8-13-10-5-3-4-6-11(10)14-9-7-12/h2-6,12H,1,7-9H2. The van der Waals surface area contributed by atoms with Gasteiger partial charge in [-0.2, -0.15) is 0 Å². The molecule has 0 aromatic heterocycles. The minimum absolute atomic E-state index is 0.00417. The summed E-state index contributed by atoms with van der Waals surface area (Å²) in [5, 5.41) is 8.61. The normalized spacial score (nSPS) is 9.50. The number of aliphatic hydroxyl groups is 1. The Kier molecular flexibility index (Phi) is 4.58. The zero-order chi connectivity index (χ0) is 10.2. The summed E-state index contributed by atoms with van der Waals surface area (Å²) in [6.07, 6.45) is 1.67. The Morgan fingerprint density at radius 3 is 2.43 bits per heavy atom. The largest absolute Gasteiger partial charge is 0.487 e. The fourth-order valence-electron chi connectivity index (χ4n) is 0.993. The van der Waals surface area contributed by atoms with Crippen molar-refractivity contribution in [3.63, 3.8) is 0 Å². The van der Waals surface area contributed by atoms with Crippen molar-refractivity contribution in [2.75, 3.05) is 19.8 Å². The van der Waals surface area contributed by atoms with E-state index >= 15 is 0 Å². The highest BCUT2D eigenvalue weighted by Crippen LogP contribution is 2.26. The summed E-state index contributed by atoms with van der Waals surface area (Å²) in [7, 11) is 0. The molecule has 0 spiro atoms. The molecule has 1 N–H and O–H groups in total. The lowest BCUT2D eigenvalue weighted by atomic mass is 10.3. The van der Waals surface area contributed by atoms with Crippen molar-refractivity contribution < 1.29 is 14.6 Å². The molecule has 0 amide bonds. The van der Waals surface area contributed by atoms with Gasteiger partial charge in [-0.15, -0.1) is 0 Å². The fourth-order valence-corrected chi connectivity index (χ4v) is 0.993. The summed E-state index contributed by atoms with van der Waals surface area (Å²) in [5.74, 6) is 1.31. The minimum atomic E-state index is -0.00417. The second-order valence-corrected chi connectivity index (χ2v) is 2.62. The molecule has 3 nitrogen and oxygen atoms in total. The van der Waals surface area contributed by atoms with Gasteiger partial charge < -0.3 is 14.6 Å². The monoisotopic (exact) mass is 194 g/mol. The van der Waals surface area contributed by atoms with Crippen molar-refractivity contribution in [3.8, 4) is 11.5 Å². The van der Waals surface area contributed by atoms with Crippen LogP contribution in [0.5, 0.6) is 11.5 Å². The molecule has 0 aliphatic heterocycles. The first-order chi connectivity index (χ1) is 6.88. The molecule has 1 rings (SSSR count). The van der Waals surface area contributed by atoms with Crippen molar-refractivity contribution in [2.45, 2.75) is 0 Å². The number of para-hydroxylation sites is 2. The van der Waals surface area contributed by atoms with Crippen LogP contribution in [-0.2, 0) is 0 Å². The number of hydrogen-bond donors (Lipinski definition) is 1. The van der Waals surface area contributed by atoms with Gasteiger partial charge in [0.1, 0.15) is 13.2 Å². The predicted molar refractivity (Wildman–Crippen MR) is 54.7 cm³/mol. The third kappa shape index (κ3) is 3.11. The van der Waals surface area contributed by atoms with E-state index in [1.807, 2.05) is 18.2 Å². The van der Waals surface area contributed by atoms with Crippen LogP contribution in [0.1, 0.15) is 0 Å². The van der Waals surface area contributed by atoms with Crippen LogP contribution in [0.15, 0.2) is 36.9 Å². The maximum atomic E-state index is 8.61. The highest BCUT2D eigenvalue weighted by molar-refractivity contribution is 5.39. The van der Waals surface area contributed by atoms with E-state index in [-0.39, 0.29) is 13.2 Å². The van der Waals surface area contributed by atoms with Gasteiger partial charge in [0.15, 0.2) is 11.5 Å². The lowest BCUT2D eigenvalue weighted by Crippen LogP contribution is -2.03. The van der Waals surface area contributed by atoms with Crippen molar-refractivity contribution in [3.05, 3.63) is 36.9 Å². The smallest absolute Gasteiger partial charge is 0.161 e. The van der Waals surface area contributed by atoms with Crippen LogP contribution in [0.4, 0.5) is 0 Å². The molecule has 0 saturated heterocycles. The van der Waals surface area contributed by atoms with Gasteiger partial charge in [-0.25, -0.2) is 0 Å². The molecule has 0 heterocycles. The van der Waals surface area contributed by atoms with Gasteiger partial charge in [0.2, 0.25) is 0 Å². The van der Waals surface area contributed by atoms with Crippen LogP contribution in [0.3, 0.4) is 0 Å². The zero-order valence-electron chi connectivity index (χ0n) is 7.98. The van der Waals surface area contributed by atoms with Gasteiger partial charge in [-0.3, -0.25) is 0 Å². The molecular weight excluding hydrogens is 180 g/mol. The van der Waals surface area contributed by atoms with Crippen LogP contribution < -0.4 is 9.47 Å². The third-order valence-electron chi connectivity index (χ3n) is 1.55. The quantitative estimate of drug-likeness (QED) is 0.699. The first-order valence-corrected chi connectivity index (χ1v) is 4.45. The lowest BCUT2D eigenvalue weighted by Gasteiger charge is -2.10. The molecule has 0 aliphatic carbocycles. The maximum absolute atomic E-state index is 8.61. The molecule has 0 saturated carbocycles. The van der Waals surface area contributed by atoms with Crippen LogP contribution in [0.25, 0.3) is 0 Å². The molecule has 1 aromatic carbocycles. The van der Waals surface area contributed by atoms with Crippen molar-refractivity contribution >= 4 is 0 Å². The van der Waals surface area contributed by atoms with Gasteiger partial charge in [0.05, 0.1) is 6.61 Å². The average Bonchev–Trinajstić information content (AvgIpc) is 2.24. The third-order valence-corrected chi connectivity index (χ3v) is 1.55. The molecule has 0 fully saturated rings. The predicted octanol–water partition coefficient (Wildman–Crippen LogP) is 1.62. The van der Waals surface area contributed by atoms with E-state index in [2.05, 4.69) is 6.58 Å². The van der Waals surface area contributed by atoms with E-state index in [0.29, 0.717) is 18.1 Å². The van der Waals surface area contributed by atoms with Crippen LogP contribution >= 0.6 is 0 Å². The number of hydrogen-bond acceptors (Lipinski definition) is 3. The summed E-state index contributed by atoms with van der Waals surface area (Å²) in [5.41, 5.74) is 0. The van der Waals surface area contributed by atoms with E-state index in [4.69, 9.17) is 14.6 Å². The second kappa shape index (κ2) is 6.05. The van der Waals surface area contributed by atoms with Gasteiger partial charge in [0, 0.05) is 0 Å². The zero-order valence-corrected chi connectivity index (χ0v) is 7.98. The molecule has 0 aliphatic rings. The second-order valence-electron chi connectivity index (χ2n) is 2.62. The van der Waals surface area contributed by atoms with Crippen molar-refractivity contribution in [1.29, 1.82) is 0 Å². The van der Waals surface area contributed by atoms with E-state index in [0.717, 1.165) is 0 Å². The van der Waals surface area contributed by atoms with Gasteiger partial charge in [-0.05, 0) is 12.1 Å². The molecule has 0 atom stereocenters. The van der Waals surface area contributed by atoms with Gasteiger partial charge in [-0.1, -0.05) is 24.8 Å². The van der Waals surface area contributed by atoms with Crippen molar-refractivity contribution in [1.82, 2.24) is 0 Å². The first kappa shape index (κ1) is 10.6. The minimum Gasteiger partial charge on any atom is -0.487 e. The average molecular weight is 194 g/mol. The topological polar surface area (TPSA) is 38.7 Å². The summed E-state index contributed by atoms with van der Waals surface area (Å²) in [4.78, 5) is 0. The lowest BCUT2D eigenvalue weighted by molar-refractivity contribution is 0.195. The van der Waals surface area contributed by atoms with Crippen LogP contribution in [0.2, 0.25) is 0 Å². The Balaban J connectivity index is 2.64. The Bertz CT molecular complexity index is 284. The Labute approximate surface area is 83.6 Å². The Hall–Kier alpha value is -1.48. The van der Waals surface area contributed by atoms with Gasteiger partial charge in [0.25, 0.3) is 0 Å². The molecule has 14 heavy (non-hydrogen) atoms. The van der Waals surface area contributed by atoms with Crippen molar-refractivity contribution in [2.24, 2.45) is 0 Å². The first-order valence-electron chi connectivity index (χ1n) is 4.45. The van der Waals surface area contributed by atoms with E-state index in [9.17, 15) is 0 Å². The summed E-state index contributed by atoms with van der Waals surface area (Å²) in [6, 6.07) is 7.34. The highest BCUT2D eigenvalue weighted by Gasteiger charge is 2.01. The summed E-state index contributed by atoms with van der Waals surface area (Å²) < 4.78 is 10.6. The maximum Gasteiger partial charge on any atom is 0.161 e. The van der Waals surface area contributed by atoms with E-state index in [1.165, 1.54) is 0 Å². The number of rotatable bonds is 6. The molecule has 0 unspecified atom stereocenters. The number of benzene rings is 1. The van der Waals surface area contributed by atoms with Gasteiger partial charge >= 0.3 is 0 Å².